The van der Waals surface area contributed by atoms with Crippen molar-refractivity contribution in [2.45, 2.75) is 77.2 Å². The first-order chi connectivity index (χ1) is 9.41. The molecule has 1 saturated carbocycles. The molecule has 2 rings (SSSR count). The highest BCUT2D eigenvalue weighted by atomic mass is 15.0. The smallest absolute Gasteiger partial charge is 0.00726 e. The minimum atomic E-state index is 0.242. The summed E-state index contributed by atoms with van der Waals surface area (Å²) in [6.07, 6.45) is 5.15. The van der Waals surface area contributed by atoms with Gasteiger partial charge in [0.05, 0.1) is 0 Å². The summed E-state index contributed by atoms with van der Waals surface area (Å²) in [5.41, 5.74) is 3.48. The summed E-state index contributed by atoms with van der Waals surface area (Å²) in [6, 6.07) is 10.2. The molecule has 0 atom stereocenters. The maximum absolute atomic E-state index is 3.74. The SMILES string of the molecule is CCC(CC)(CNC1CC1)c1ccc(C(C)(C)C)cc1. The van der Waals surface area contributed by atoms with Crippen LogP contribution in [0, 0.1) is 0 Å². The second kappa shape index (κ2) is 5.89. The molecule has 1 aromatic carbocycles. The molecule has 0 aliphatic heterocycles. The summed E-state index contributed by atoms with van der Waals surface area (Å²) in [6.45, 7) is 12.6. The first-order valence-electron chi connectivity index (χ1n) is 8.25. The highest BCUT2D eigenvalue weighted by Gasteiger charge is 2.31. The Balaban J connectivity index is 2.19. The minimum Gasteiger partial charge on any atom is -0.313 e. The predicted molar refractivity (Wildman–Crippen MR) is 88.4 cm³/mol. The Bertz CT molecular complexity index is 416. The first-order valence-corrected chi connectivity index (χ1v) is 8.25. The predicted octanol–water partition coefficient (Wildman–Crippen LogP) is 4.79. The summed E-state index contributed by atoms with van der Waals surface area (Å²) in [7, 11) is 0. The van der Waals surface area contributed by atoms with Crippen LogP contribution in [0.3, 0.4) is 0 Å². The van der Waals surface area contributed by atoms with Crippen LogP contribution in [-0.2, 0) is 10.8 Å². The summed E-state index contributed by atoms with van der Waals surface area (Å²) in [5.74, 6) is 0. The van der Waals surface area contributed by atoms with Crippen LogP contribution < -0.4 is 5.32 Å². The lowest BCUT2D eigenvalue weighted by Gasteiger charge is -2.33. The van der Waals surface area contributed by atoms with Gasteiger partial charge in [0, 0.05) is 18.0 Å². The third-order valence-corrected chi connectivity index (χ3v) is 5.02. The molecule has 20 heavy (non-hydrogen) atoms. The van der Waals surface area contributed by atoms with E-state index in [4.69, 9.17) is 0 Å². The van der Waals surface area contributed by atoms with E-state index in [0.29, 0.717) is 5.41 Å². The maximum Gasteiger partial charge on any atom is 0.00726 e. The molecule has 0 unspecified atom stereocenters. The molecule has 1 aromatic rings. The lowest BCUT2D eigenvalue weighted by atomic mass is 9.74. The molecule has 0 bridgehead atoms. The second-order valence-corrected chi connectivity index (χ2v) is 7.47. The van der Waals surface area contributed by atoms with Gasteiger partial charge < -0.3 is 5.32 Å². The number of rotatable bonds is 6. The lowest BCUT2D eigenvalue weighted by molar-refractivity contribution is 0.367. The quantitative estimate of drug-likeness (QED) is 0.785. The number of nitrogens with one attached hydrogen (secondary N) is 1. The Kier molecular flexibility index (Phi) is 4.59. The maximum atomic E-state index is 3.74. The van der Waals surface area contributed by atoms with Crippen LogP contribution in [0.4, 0.5) is 0 Å². The normalized spacial score (nSPS) is 16.4. The van der Waals surface area contributed by atoms with Crippen molar-refractivity contribution in [3.63, 3.8) is 0 Å². The molecule has 1 aliphatic rings. The van der Waals surface area contributed by atoms with Crippen LogP contribution in [0.25, 0.3) is 0 Å². The van der Waals surface area contributed by atoms with Crippen molar-refractivity contribution in [1.82, 2.24) is 5.32 Å². The van der Waals surface area contributed by atoms with Gasteiger partial charge in [0.2, 0.25) is 0 Å². The molecule has 0 aromatic heterocycles. The molecule has 1 heteroatoms. The molecule has 112 valence electrons. The fraction of sp³-hybridized carbons (Fsp3) is 0.684. The van der Waals surface area contributed by atoms with Gasteiger partial charge in [0.15, 0.2) is 0 Å². The topological polar surface area (TPSA) is 12.0 Å². The number of hydrogen-bond donors (Lipinski definition) is 1. The highest BCUT2D eigenvalue weighted by Crippen LogP contribution is 2.34. The van der Waals surface area contributed by atoms with Gasteiger partial charge >= 0.3 is 0 Å². The van der Waals surface area contributed by atoms with E-state index in [-0.39, 0.29) is 5.41 Å². The zero-order valence-electron chi connectivity index (χ0n) is 13.9. The van der Waals surface area contributed by atoms with E-state index in [1.54, 1.807) is 0 Å². The Morgan fingerprint density at radius 2 is 1.45 bits per heavy atom. The van der Waals surface area contributed by atoms with Gasteiger partial charge in [-0.2, -0.15) is 0 Å². The molecule has 0 radical (unpaired) electrons. The van der Waals surface area contributed by atoms with Crippen LogP contribution in [0.2, 0.25) is 0 Å². The molecule has 1 fully saturated rings. The molecule has 0 saturated heterocycles. The van der Waals surface area contributed by atoms with Crippen LogP contribution in [0.15, 0.2) is 24.3 Å². The number of hydrogen-bond acceptors (Lipinski definition) is 1. The summed E-state index contributed by atoms with van der Waals surface area (Å²) in [5, 5.41) is 3.74. The van der Waals surface area contributed by atoms with E-state index in [1.165, 1.54) is 36.8 Å². The Morgan fingerprint density at radius 3 is 1.85 bits per heavy atom. The van der Waals surface area contributed by atoms with Gasteiger partial charge in [0.25, 0.3) is 0 Å². The van der Waals surface area contributed by atoms with Crippen molar-refractivity contribution in [3.05, 3.63) is 35.4 Å². The van der Waals surface area contributed by atoms with Crippen molar-refractivity contribution in [3.8, 4) is 0 Å². The molecular formula is C19H31N. The van der Waals surface area contributed by atoms with Gasteiger partial charge in [-0.1, -0.05) is 58.9 Å². The van der Waals surface area contributed by atoms with Crippen molar-refractivity contribution in [2.24, 2.45) is 0 Å². The third kappa shape index (κ3) is 3.44. The van der Waals surface area contributed by atoms with Gasteiger partial charge in [-0.3, -0.25) is 0 Å². The second-order valence-electron chi connectivity index (χ2n) is 7.47. The molecule has 0 heterocycles. The van der Waals surface area contributed by atoms with E-state index in [0.717, 1.165) is 12.6 Å². The molecular weight excluding hydrogens is 242 g/mol. The fourth-order valence-corrected chi connectivity index (χ4v) is 2.96. The minimum absolute atomic E-state index is 0.242. The average Bonchev–Trinajstić information content (AvgIpc) is 3.24. The monoisotopic (exact) mass is 273 g/mol. The van der Waals surface area contributed by atoms with Crippen molar-refractivity contribution >= 4 is 0 Å². The van der Waals surface area contributed by atoms with Crippen LogP contribution in [-0.4, -0.2) is 12.6 Å². The Morgan fingerprint density at radius 1 is 0.950 bits per heavy atom. The molecule has 0 spiro atoms. The zero-order chi connectivity index (χ0) is 14.8. The highest BCUT2D eigenvalue weighted by molar-refractivity contribution is 5.32. The third-order valence-electron chi connectivity index (χ3n) is 5.02. The molecule has 1 N–H and O–H groups in total. The fourth-order valence-electron chi connectivity index (χ4n) is 2.96. The lowest BCUT2D eigenvalue weighted by Crippen LogP contribution is -2.38. The van der Waals surface area contributed by atoms with E-state index >= 15 is 0 Å². The van der Waals surface area contributed by atoms with Crippen molar-refractivity contribution in [2.75, 3.05) is 6.54 Å². The van der Waals surface area contributed by atoms with Crippen LogP contribution in [0.5, 0.6) is 0 Å². The zero-order valence-corrected chi connectivity index (χ0v) is 13.9. The summed E-state index contributed by atoms with van der Waals surface area (Å²) in [4.78, 5) is 0. The van der Waals surface area contributed by atoms with Gasteiger partial charge in [0.1, 0.15) is 0 Å². The van der Waals surface area contributed by atoms with Crippen LogP contribution in [0.1, 0.15) is 71.4 Å². The standard InChI is InChI=1S/C19H31N/c1-6-19(7-2,14-20-17-12-13-17)16-10-8-15(9-11-16)18(3,4)5/h8-11,17,20H,6-7,12-14H2,1-5H3. The Hall–Kier alpha value is -0.820. The van der Waals surface area contributed by atoms with E-state index in [1.807, 2.05) is 0 Å². The van der Waals surface area contributed by atoms with Crippen molar-refractivity contribution in [1.29, 1.82) is 0 Å². The van der Waals surface area contributed by atoms with E-state index in [9.17, 15) is 0 Å². The van der Waals surface area contributed by atoms with Crippen LogP contribution >= 0.6 is 0 Å². The summed E-state index contributed by atoms with van der Waals surface area (Å²) >= 11 is 0. The summed E-state index contributed by atoms with van der Waals surface area (Å²) < 4.78 is 0. The van der Waals surface area contributed by atoms with Gasteiger partial charge in [-0.25, -0.2) is 0 Å². The average molecular weight is 273 g/mol. The largest absolute Gasteiger partial charge is 0.313 e. The number of benzene rings is 1. The molecule has 0 amide bonds. The molecule has 1 aliphatic carbocycles. The Labute approximate surface area is 125 Å². The van der Waals surface area contributed by atoms with Crippen molar-refractivity contribution < 1.29 is 0 Å². The van der Waals surface area contributed by atoms with E-state index < -0.39 is 0 Å². The van der Waals surface area contributed by atoms with E-state index in [2.05, 4.69) is 64.2 Å². The molecule has 1 nitrogen and oxygen atoms in total. The van der Waals surface area contributed by atoms with Gasteiger partial charge in [-0.05, 0) is 42.2 Å². The van der Waals surface area contributed by atoms with Gasteiger partial charge in [-0.15, -0.1) is 0 Å². The first kappa shape index (κ1) is 15.6.